The van der Waals surface area contributed by atoms with Gasteiger partial charge in [-0.05, 0) is 63.5 Å². The van der Waals surface area contributed by atoms with E-state index in [0.717, 1.165) is 38.9 Å². The number of hydrogen-bond donors (Lipinski definition) is 1. The van der Waals surface area contributed by atoms with Crippen molar-refractivity contribution in [2.75, 3.05) is 26.7 Å². The molecule has 0 amide bonds. The number of rotatable bonds is 6. The quantitative estimate of drug-likeness (QED) is 0.847. The first-order valence-corrected chi connectivity index (χ1v) is 9.76. The molecule has 0 spiro atoms. The summed E-state index contributed by atoms with van der Waals surface area (Å²) in [5.74, 6) is -1.11. The van der Waals surface area contributed by atoms with Gasteiger partial charge < -0.3 is 10.0 Å². The minimum absolute atomic E-state index is 0.0299. The predicted molar refractivity (Wildman–Crippen MR) is 92.8 cm³/mol. The van der Waals surface area contributed by atoms with Crippen LogP contribution in [-0.2, 0) is 10.0 Å². The minimum atomic E-state index is -3.70. The molecule has 1 aromatic carbocycles. The van der Waals surface area contributed by atoms with Gasteiger partial charge in [-0.25, -0.2) is 13.2 Å². The molecule has 0 bridgehead atoms. The molecule has 0 atom stereocenters. The molecule has 1 N–H and O–H groups in total. The van der Waals surface area contributed by atoms with Crippen molar-refractivity contribution in [2.24, 2.45) is 0 Å². The molecule has 1 aliphatic rings. The zero-order valence-corrected chi connectivity index (χ0v) is 15.3. The van der Waals surface area contributed by atoms with Gasteiger partial charge in [0.15, 0.2) is 0 Å². The second kappa shape index (κ2) is 7.63. The van der Waals surface area contributed by atoms with E-state index in [9.17, 15) is 18.3 Å². The van der Waals surface area contributed by atoms with Gasteiger partial charge in [0.2, 0.25) is 10.0 Å². The molecular formula is C17H26N2O4S. The minimum Gasteiger partial charge on any atom is -0.478 e. The molecule has 0 saturated carbocycles. The molecule has 1 heterocycles. The van der Waals surface area contributed by atoms with Crippen LogP contribution in [0.1, 0.15) is 42.1 Å². The average molecular weight is 354 g/mol. The van der Waals surface area contributed by atoms with E-state index in [0.29, 0.717) is 5.56 Å². The first-order chi connectivity index (χ1) is 11.3. The van der Waals surface area contributed by atoms with E-state index in [1.165, 1.54) is 22.5 Å². The van der Waals surface area contributed by atoms with Gasteiger partial charge in [0.05, 0.1) is 10.5 Å². The Hall–Kier alpha value is -1.44. The second-order valence-corrected chi connectivity index (χ2v) is 8.29. The number of nitrogens with zero attached hydrogens (tertiary/aromatic N) is 2. The lowest BCUT2D eigenvalue weighted by atomic mass is 10.1. The number of carbonyl (C=O) groups is 1. The van der Waals surface area contributed by atoms with Gasteiger partial charge in [0.1, 0.15) is 0 Å². The number of benzene rings is 1. The number of carboxylic acid groups (broad SMARTS) is 1. The number of hydrogen-bond acceptors (Lipinski definition) is 4. The Morgan fingerprint density at radius 1 is 1.33 bits per heavy atom. The lowest BCUT2D eigenvalue weighted by Gasteiger charge is -2.36. The van der Waals surface area contributed by atoms with Crippen LogP contribution in [0.15, 0.2) is 23.1 Å². The van der Waals surface area contributed by atoms with Crippen LogP contribution in [-0.4, -0.2) is 61.4 Å². The van der Waals surface area contributed by atoms with E-state index in [4.69, 9.17) is 0 Å². The van der Waals surface area contributed by atoms with E-state index >= 15 is 0 Å². The lowest BCUT2D eigenvalue weighted by molar-refractivity contribution is 0.0696. The number of sulfonamides is 1. The van der Waals surface area contributed by atoms with E-state index in [2.05, 4.69) is 11.8 Å². The average Bonchev–Trinajstić information content (AvgIpc) is 2.55. The zero-order chi connectivity index (χ0) is 17.9. The molecule has 134 valence electrons. The highest BCUT2D eigenvalue weighted by atomic mass is 32.2. The Balaban J connectivity index is 2.22. The number of aromatic carboxylic acids is 1. The third-order valence-corrected chi connectivity index (χ3v) is 6.84. The fourth-order valence-corrected chi connectivity index (χ4v) is 4.96. The van der Waals surface area contributed by atoms with Crippen LogP contribution >= 0.6 is 0 Å². The van der Waals surface area contributed by atoms with Crippen LogP contribution < -0.4 is 0 Å². The van der Waals surface area contributed by atoms with Crippen molar-refractivity contribution >= 4 is 16.0 Å². The fraction of sp³-hybridized carbons (Fsp3) is 0.588. The van der Waals surface area contributed by atoms with Crippen LogP contribution in [0.4, 0.5) is 0 Å². The smallest absolute Gasteiger partial charge is 0.335 e. The monoisotopic (exact) mass is 354 g/mol. The summed E-state index contributed by atoms with van der Waals surface area (Å²) >= 11 is 0. The van der Waals surface area contributed by atoms with Gasteiger partial charge in [-0.2, -0.15) is 4.31 Å². The molecule has 1 aliphatic heterocycles. The number of piperidine rings is 1. The van der Waals surface area contributed by atoms with E-state index in [-0.39, 0.29) is 16.5 Å². The van der Waals surface area contributed by atoms with Crippen LogP contribution in [0.25, 0.3) is 0 Å². The van der Waals surface area contributed by atoms with Gasteiger partial charge >= 0.3 is 5.97 Å². The first-order valence-electron chi connectivity index (χ1n) is 8.32. The van der Waals surface area contributed by atoms with Gasteiger partial charge in [-0.3, -0.25) is 0 Å². The van der Waals surface area contributed by atoms with Crippen molar-refractivity contribution in [3.8, 4) is 0 Å². The maximum Gasteiger partial charge on any atom is 0.335 e. The highest BCUT2D eigenvalue weighted by Gasteiger charge is 2.32. The third-order valence-electron chi connectivity index (χ3n) is 4.78. The van der Waals surface area contributed by atoms with Crippen molar-refractivity contribution in [3.05, 3.63) is 29.3 Å². The molecule has 1 fully saturated rings. The normalized spacial score (nSPS) is 17.3. The van der Waals surface area contributed by atoms with Gasteiger partial charge in [0.25, 0.3) is 0 Å². The topological polar surface area (TPSA) is 77.9 Å². The molecule has 0 radical (unpaired) electrons. The molecule has 24 heavy (non-hydrogen) atoms. The van der Waals surface area contributed by atoms with E-state index in [1.807, 2.05) is 0 Å². The highest BCUT2D eigenvalue weighted by molar-refractivity contribution is 7.89. The molecule has 1 aromatic rings. The highest BCUT2D eigenvalue weighted by Crippen LogP contribution is 2.26. The molecule has 1 saturated heterocycles. The molecule has 6 nitrogen and oxygen atoms in total. The summed E-state index contributed by atoms with van der Waals surface area (Å²) in [6.07, 6.45) is 2.70. The standard InChI is InChI=1S/C17H26N2O4S/c1-4-10-19-11-8-14(9-12-19)18(3)24(22,23)16-7-5-6-15(13(16)2)17(20)21/h5-7,14H,4,8-12H2,1-3H3,(H,20,21). The molecule has 0 aromatic heterocycles. The predicted octanol–water partition coefficient (Wildman–Crippen LogP) is 2.19. The summed E-state index contributed by atoms with van der Waals surface area (Å²) in [7, 11) is -2.10. The van der Waals surface area contributed by atoms with Gasteiger partial charge in [-0.15, -0.1) is 0 Å². The lowest BCUT2D eigenvalue weighted by Crippen LogP contribution is -2.45. The fourth-order valence-electron chi connectivity index (χ4n) is 3.30. The van der Waals surface area contributed by atoms with Gasteiger partial charge in [-0.1, -0.05) is 13.0 Å². The van der Waals surface area contributed by atoms with Crippen molar-refractivity contribution in [3.63, 3.8) is 0 Å². The van der Waals surface area contributed by atoms with E-state index < -0.39 is 16.0 Å². The summed E-state index contributed by atoms with van der Waals surface area (Å²) in [6.45, 7) is 6.52. The maximum absolute atomic E-state index is 13.0. The molecule has 2 rings (SSSR count). The van der Waals surface area contributed by atoms with E-state index in [1.54, 1.807) is 14.0 Å². The Bertz CT molecular complexity index is 695. The van der Waals surface area contributed by atoms with Crippen molar-refractivity contribution in [1.82, 2.24) is 9.21 Å². The summed E-state index contributed by atoms with van der Waals surface area (Å²) in [5.41, 5.74) is 0.322. The van der Waals surface area contributed by atoms with Crippen LogP contribution in [0.5, 0.6) is 0 Å². The van der Waals surface area contributed by atoms with Crippen molar-refractivity contribution < 1.29 is 18.3 Å². The molecule has 0 unspecified atom stereocenters. The summed E-state index contributed by atoms with van der Waals surface area (Å²) in [4.78, 5) is 13.7. The Morgan fingerprint density at radius 3 is 2.50 bits per heavy atom. The maximum atomic E-state index is 13.0. The number of carboxylic acids is 1. The first kappa shape index (κ1) is 18.9. The third kappa shape index (κ3) is 3.79. The summed E-state index contributed by atoms with van der Waals surface area (Å²) in [6, 6.07) is 4.36. The molecule has 7 heteroatoms. The van der Waals surface area contributed by atoms with Crippen LogP contribution in [0.2, 0.25) is 0 Å². The number of likely N-dealkylation sites (tertiary alicyclic amines) is 1. The SMILES string of the molecule is CCCN1CCC(N(C)S(=O)(=O)c2cccc(C(=O)O)c2C)CC1. The summed E-state index contributed by atoms with van der Waals surface area (Å²) < 4.78 is 27.3. The van der Waals surface area contributed by atoms with Crippen LogP contribution in [0, 0.1) is 6.92 Å². The van der Waals surface area contributed by atoms with Crippen molar-refractivity contribution in [1.29, 1.82) is 0 Å². The molecular weight excluding hydrogens is 328 g/mol. The Kier molecular flexibility index (Phi) is 6.01. The van der Waals surface area contributed by atoms with Crippen LogP contribution in [0.3, 0.4) is 0 Å². The van der Waals surface area contributed by atoms with Gasteiger partial charge in [0, 0.05) is 13.1 Å². The Morgan fingerprint density at radius 2 is 1.96 bits per heavy atom. The van der Waals surface area contributed by atoms with Crippen molar-refractivity contribution in [2.45, 2.75) is 44.0 Å². The zero-order valence-electron chi connectivity index (χ0n) is 14.5. The second-order valence-electron chi connectivity index (χ2n) is 6.33. The molecule has 0 aliphatic carbocycles. The Labute approximate surface area is 144 Å². The largest absolute Gasteiger partial charge is 0.478 e. The summed E-state index contributed by atoms with van der Waals surface area (Å²) in [5, 5.41) is 9.21.